The number of aromatic nitrogens is 2. The fourth-order valence-electron chi connectivity index (χ4n) is 3.95. The molecule has 3 heterocycles. The van der Waals surface area contributed by atoms with Gasteiger partial charge in [0.15, 0.2) is 5.16 Å². The Morgan fingerprint density at radius 2 is 2.07 bits per heavy atom. The summed E-state index contributed by atoms with van der Waals surface area (Å²) < 4.78 is 0. The van der Waals surface area contributed by atoms with Crippen LogP contribution in [-0.4, -0.2) is 45.0 Å². The number of nitrogens with two attached hydrogens (primary N) is 1. The van der Waals surface area contributed by atoms with E-state index in [9.17, 15) is 14.4 Å². The second-order valence-corrected chi connectivity index (χ2v) is 9.10. The number of fused-ring (bicyclic) bond motifs is 3. The summed E-state index contributed by atoms with van der Waals surface area (Å²) in [5.41, 5.74) is 6.46. The van der Waals surface area contributed by atoms with Crippen LogP contribution >= 0.6 is 23.1 Å². The highest BCUT2D eigenvalue weighted by Gasteiger charge is 2.30. The van der Waals surface area contributed by atoms with Crippen molar-refractivity contribution in [2.45, 2.75) is 56.1 Å². The number of nitrogens with one attached hydrogen (secondary N) is 1. The normalized spacial score (nSPS) is 19.9. The van der Waals surface area contributed by atoms with Crippen LogP contribution in [0.25, 0.3) is 10.2 Å². The molecule has 0 bridgehead atoms. The maximum Gasteiger partial charge on any atom is 0.260 e. The Hall–Kier alpha value is -1.87. The summed E-state index contributed by atoms with van der Waals surface area (Å²) in [4.78, 5) is 47.7. The van der Waals surface area contributed by atoms with E-state index in [1.54, 1.807) is 16.2 Å². The number of thioether (sulfide) groups is 1. The van der Waals surface area contributed by atoms with E-state index in [-0.39, 0.29) is 17.2 Å². The van der Waals surface area contributed by atoms with Gasteiger partial charge in [-0.3, -0.25) is 14.4 Å². The number of piperidine rings is 1. The Labute approximate surface area is 164 Å². The molecular formula is C18H22N4O3S2. The first kappa shape index (κ1) is 18.5. The molecule has 144 valence electrons. The lowest BCUT2D eigenvalue weighted by Gasteiger charge is -2.33. The van der Waals surface area contributed by atoms with Crippen LogP contribution in [0.3, 0.4) is 0 Å². The molecule has 2 amide bonds. The molecule has 4 rings (SSSR count). The molecule has 1 fully saturated rings. The van der Waals surface area contributed by atoms with Crippen LogP contribution in [0, 0.1) is 0 Å². The minimum Gasteiger partial charge on any atom is -0.368 e. The van der Waals surface area contributed by atoms with Crippen molar-refractivity contribution in [3.63, 3.8) is 0 Å². The van der Waals surface area contributed by atoms with Gasteiger partial charge in [-0.25, -0.2) is 4.98 Å². The molecule has 0 spiro atoms. The highest BCUT2D eigenvalue weighted by Crippen LogP contribution is 2.34. The third kappa shape index (κ3) is 3.62. The lowest BCUT2D eigenvalue weighted by Crippen LogP contribution is -2.51. The molecule has 1 aliphatic heterocycles. The van der Waals surface area contributed by atoms with Crippen molar-refractivity contribution < 1.29 is 9.59 Å². The highest BCUT2D eigenvalue weighted by molar-refractivity contribution is 7.99. The fraction of sp³-hybridized carbons (Fsp3) is 0.556. The predicted octanol–water partition coefficient (Wildman–Crippen LogP) is 1.82. The Kier molecular flexibility index (Phi) is 5.23. The van der Waals surface area contributed by atoms with Crippen molar-refractivity contribution in [1.29, 1.82) is 0 Å². The zero-order valence-corrected chi connectivity index (χ0v) is 16.6. The SMILES string of the molecule is NC(=O)[C@H]1CCCCN1C(=O)CSc1nc2sc3c(c2c(=O)[nH]1)CCCC3. The number of aromatic amines is 1. The lowest BCUT2D eigenvalue weighted by molar-refractivity contribution is -0.138. The minimum atomic E-state index is -0.523. The number of thiophene rings is 1. The van der Waals surface area contributed by atoms with E-state index < -0.39 is 11.9 Å². The van der Waals surface area contributed by atoms with Gasteiger partial charge in [0.05, 0.1) is 11.1 Å². The van der Waals surface area contributed by atoms with Crippen molar-refractivity contribution in [3.8, 4) is 0 Å². The van der Waals surface area contributed by atoms with Crippen LogP contribution in [-0.2, 0) is 22.4 Å². The molecule has 0 radical (unpaired) electrons. The molecule has 7 nitrogen and oxygen atoms in total. The maximum absolute atomic E-state index is 12.6. The monoisotopic (exact) mass is 406 g/mol. The molecule has 2 aromatic heterocycles. The minimum absolute atomic E-state index is 0.123. The van der Waals surface area contributed by atoms with E-state index in [0.717, 1.165) is 54.3 Å². The summed E-state index contributed by atoms with van der Waals surface area (Å²) in [5.74, 6) is -0.467. The third-order valence-electron chi connectivity index (χ3n) is 5.29. The summed E-state index contributed by atoms with van der Waals surface area (Å²) in [6, 6.07) is -0.523. The molecular weight excluding hydrogens is 384 g/mol. The number of rotatable bonds is 4. The lowest BCUT2D eigenvalue weighted by atomic mass is 9.97. The Balaban J connectivity index is 1.51. The first-order chi connectivity index (χ1) is 13.0. The number of hydrogen-bond donors (Lipinski definition) is 2. The molecule has 0 saturated carbocycles. The zero-order valence-electron chi connectivity index (χ0n) is 15.0. The van der Waals surface area contributed by atoms with Crippen LogP contribution in [0.5, 0.6) is 0 Å². The molecule has 1 aliphatic carbocycles. The number of likely N-dealkylation sites (tertiary alicyclic amines) is 1. The molecule has 1 saturated heterocycles. The van der Waals surface area contributed by atoms with Gasteiger partial charge in [0.25, 0.3) is 5.56 Å². The summed E-state index contributed by atoms with van der Waals surface area (Å²) in [7, 11) is 0. The molecule has 2 aliphatic rings. The van der Waals surface area contributed by atoms with Gasteiger partial charge in [0.2, 0.25) is 11.8 Å². The molecule has 2 aromatic rings. The molecule has 3 N–H and O–H groups in total. The second-order valence-electron chi connectivity index (χ2n) is 7.05. The third-order valence-corrected chi connectivity index (χ3v) is 7.33. The van der Waals surface area contributed by atoms with Gasteiger partial charge in [-0.1, -0.05) is 11.8 Å². The summed E-state index contributed by atoms with van der Waals surface area (Å²) >= 11 is 2.80. The average Bonchev–Trinajstić information content (AvgIpc) is 3.05. The predicted molar refractivity (Wildman–Crippen MR) is 106 cm³/mol. The van der Waals surface area contributed by atoms with Gasteiger partial charge in [0, 0.05) is 11.4 Å². The van der Waals surface area contributed by atoms with E-state index in [4.69, 9.17) is 5.73 Å². The topological polar surface area (TPSA) is 109 Å². The molecule has 0 unspecified atom stereocenters. The summed E-state index contributed by atoms with van der Waals surface area (Å²) in [6.45, 7) is 0.549. The smallest absolute Gasteiger partial charge is 0.260 e. The molecule has 27 heavy (non-hydrogen) atoms. The van der Waals surface area contributed by atoms with Crippen LogP contribution < -0.4 is 11.3 Å². The first-order valence-electron chi connectivity index (χ1n) is 9.30. The van der Waals surface area contributed by atoms with E-state index in [1.165, 1.54) is 16.6 Å². The Morgan fingerprint density at radius 1 is 1.26 bits per heavy atom. The highest BCUT2D eigenvalue weighted by atomic mass is 32.2. The van der Waals surface area contributed by atoms with Crippen molar-refractivity contribution >= 4 is 45.1 Å². The van der Waals surface area contributed by atoms with Gasteiger partial charge in [0.1, 0.15) is 10.9 Å². The summed E-state index contributed by atoms with van der Waals surface area (Å²) in [5, 5.41) is 1.17. The van der Waals surface area contributed by atoms with Crippen LogP contribution in [0.1, 0.15) is 42.5 Å². The van der Waals surface area contributed by atoms with Crippen molar-refractivity contribution in [1.82, 2.24) is 14.9 Å². The number of aryl methyl sites for hydroxylation is 2. The zero-order chi connectivity index (χ0) is 19.0. The Bertz CT molecular complexity index is 952. The van der Waals surface area contributed by atoms with Crippen molar-refractivity contribution in [2.24, 2.45) is 5.73 Å². The fourth-order valence-corrected chi connectivity index (χ4v) is 6.02. The quantitative estimate of drug-likeness (QED) is 0.595. The summed E-state index contributed by atoms with van der Waals surface area (Å²) in [6.07, 6.45) is 6.62. The Morgan fingerprint density at radius 3 is 2.89 bits per heavy atom. The molecule has 1 atom stereocenters. The van der Waals surface area contributed by atoms with Gasteiger partial charge in [-0.2, -0.15) is 0 Å². The van der Waals surface area contributed by atoms with Gasteiger partial charge < -0.3 is 15.6 Å². The number of primary amides is 1. The van der Waals surface area contributed by atoms with E-state index >= 15 is 0 Å². The number of carbonyl (C=O) groups excluding carboxylic acids is 2. The average molecular weight is 407 g/mol. The molecule has 9 heteroatoms. The van der Waals surface area contributed by atoms with Crippen molar-refractivity contribution in [2.75, 3.05) is 12.3 Å². The van der Waals surface area contributed by atoms with Gasteiger partial charge >= 0.3 is 0 Å². The number of nitrogens with zero attached hydrogens (tertiary/aromatic N) is 2. The molecule has 0 aromatic carbocycles. The van der Waals surface area contributed by atoms with Gasteiger partial charge in [-0.15, -0.1) is 11.3 Å². The van der Waals surface area contributed by atoms with E-state index in [1.807, 2.05) is 0 Å². The number of H-pyrrole nitrogens is 1. The largest absolute Gasteiger partial charge is 0.368 e. The second kappa shape index (κ2) is 7.63. The first-order valence-corrected chi connectivity index (χ1v) is 11.1. The number of carbonyl (C=O) groups is 2. The van der Waals surface area contributed by atoms with Crippen LogP contribution in [0.15, 0.2) is 9.95 Å². The van der Waals surface area contributed by atoms with Crippen LogP contribution in [0.2, 0.25) is 0 Å². The van der Waals surface area contributed by atoms with Crippen molar-refractivity contribution in [3.05, 3.63) is 20.8 Å². The van der Waals surface area contributed by atoms with Gasteiger partial charge in [-0.05, 0) is 50.5 Å². The van der Waals surface area contributed by atoms with Crippen LogP contribution in [0.4, 0.5) is 0 Å². The maximum atomic E-state index is 12.6. The van der Waals surface area contributed by atoms with E-state index in [0.29, 0.717) is 18.1 Å². The van der Waals surface area contributed by atoms with E-state index in [2.05, 4.69) is 9.97 Å². The number of amides is 2. The standard InChI is InChI=1S/C18H22N4O3S2/c19-15(24)11-6-3-4-8-22(11)13(23)9-26-18-20-16(25)14-10-5-1-2-7-12(10)27-17(14)21-18/h11H,1-9H2,(H2,19,24)(H,20,21,25)/t11-/m1/s1. The number of hydrogen-bond acceptors (Lipinski definition) is 6.